The number of carboxylic acids is 1. The Morgan fingerprint density at radius 3 is 2.32 bits per heavy atom. The van der Waals surface area contributed by atoms with Gasteiger partial charge in [-0.2, -0.15) is 0 Å². The Labute approximate surface area is 198 Å². The first-order valence-electron chi connectivity index (χ1n) is 10.7. The van der Waals surface area contributed by atoms with E-state index in [0.29, 0.717) is 40.4 Å². The molecule has 0 saturated carbocycles. The van der Waals surface area contributed by atoms with Crippen molar-refractivity contribution in [2.45, 2.75) is 40.7 Å². The number of ether oxygens (including phenoxy) is 2. The zero-order valence-corrected chi connectivity index (χ0v) is 19.9. The fourth-order valence-corrected chi connectivity index (χ4v) is 3.40. The number of phenols is 1. The summed E-state index contributed by atoms with van der Waals surface area (Å²) in [4.78, 5) is 32.5. The highest BCUT2D eigenvalue weighted by atomic mass is 16.5. The van der Waals surface area contributed by atoms with E-state index in [4.69, 9.17) is 9.47 Å². The number of rotatable bonds is 8. The summed E-state index contributed by atoms with van der Waals surface area (Å²) in [5, 5.41) is 19.8. The molecule has 0 spiro atoms. The Morgan fingerprint density at radius 2 is 1.74 bits per heavy atom. The topological polar surface area (TPSA) is 119 Å². The second kappa shape index (κ2) is 9.91. The number of phenolic OH excluding ortho intramolecular Hbond substituents is 1. The van der Waals surface area contributed by atoms with E-state index in [1.165, 1.54) is 31.6 Å². The molecule has 178 valence electrons. The van der Waals surface area contributed by atoms with Crippen molar-refractivity contribution in [1.29, 1.82) is 0 Å². The van der Waals surface area contributed by atoms with E-state index in [1.807, 2.05) is 20.8 Å². The van der Waals surface area contributed by atoms with Crippen LogP contribution >= 0.6 is 0 Å². The summed E-state index contributed by atoms with van der Waals surface area (Å²) in [5.41, 5.74) is 2.18. The number of hydrogen-bond acceptors (Lipinski definition) is 7. The Kier molecular flexibility index (Phi) is 7.20. The molecule has 3 rings (SSSR count). The van der Waals surface area contributed by atoms with Crippen LogP contribution in [0.5, 0.6) is 17.2 Å². The number of carboxylic acid groups (broad SMARTS) is 1. The summed E-state index contributed by atoms with van der Waals surface area (Å²) < 4.78 is 11.1. The number of hydrogen-bond donors (Lipinski definition) is 2. The Morgan fingerprint density at radius 1 is 1.03 bits per heavy atom. The molecule has 0 radical (unpaired) electrons. The summed E-state index contributed by atoms with van der Waals surface area (Å²) in [7, 11) is 1.49. The molecule has 8 heteroatoms. The number of Topliss-reactive ketones (excluding diaryl/α,β-unsaturated/α-hetero) is 1. The van der Waals surface area contributed by atoms with Gasteiger partial charge in [0.25, 0.3) is 0 Å². The summed E-state index contributed by atoms with van der Waals surface area (Å²) in [6, 6.07) is 7.75. The van der Waals surface area contributed by atoms with Gasteiger partial charge in [0, 0.05) is 17.5 Å². The van der Waals surface area contributed by atoms with Gasteiger partial charge in [-0.1, -0.05) is 20.8 Å². The number of benzene rings is 2. The fraction of sp³-hybridized carbons (Fsp3) is 0.308. The zero-order valence-electron chi connectivity index (χ0n) is 19.9. The number of carbonyl (C=O) groups excluding carboxylic acids is 1. The Balaban J connectivity index is 1.75. The van der Waals surface area contributed by atoms with E-state index in [1.54, 1.807) is 25.1 Å². The van der Waals surface area contributed by atoms with E-state index in [0.717, 1.165) is 0 Å². The Hall–Kier alpha value is -3.94. The van der Waals surface area contributed by atoms with Gasteiger partial charge in [0.1, 0.15) is 23.9 Å². The fourth-order valence-electron chi connectivity index (χ4n) is 3.40. The third-order valence-electron chi connectivity index (χ3n) is 5.18. The lowest BCUT2D eigenvalue weighted by molar-refractivity contribution is 0.0696. The highest BCUT2D eigenvalue weighted by Gasteiger charge is 2.22. The molecule has 0 amide bonds. The number of aromatic carboxylic acids is 1. The molecule has 0 aliphatic carbocycles. The van der Waals surface area contributed by atoms with Gasteiger partial charge < -0.3 is 19.7 Å². The van der Waals surface area contributed by atoms with Crippen LogP contribution in [0.3, 0.4) is 0 Å². The molecule has 1 aromatic heterocycles. The number of aromatic hydroxyl groups is 1. The SMILES string of the molecule is COc1ccc(C(=O)O)cc1-c1cnc(COc2ccc(C(=O)CC(C)(C)C)c(O)c2C)cn1. The van der Waals surface area contributed by atoms with Crippen LogP contribution in [0.2, 0.25) is 0 Å². The van der Waals surface area contributed by atoms with Gasteiger partial charge in [-0.3, -0.25) is 14.8 Å². The Bertz CT molecular complexity index is 1210. The average molecular weight is 465 g/mol. The highest BCUT2D eigenvalue weighted by Crippen LogP contribution is 2.34. The standard InChI is InChI=1S/C26H28N2O6/c1-15-22(9-7-18(24(15)30)21(29)11-26(2,3)4)34-14-17-12-28-20(13-27-17)19-10-16(25(31)32)6-8-23(19)33-5/h6-10,12-13,30H,11,14H2,1-5H3,(H,31,32). The normalized spacial score (nSPS) is 11.2. The molecule has 3 aromatic rings. The van der Waals surface area contributed by atoms with Crippen molar-refractivity contribution in [2.75, 3.05) is 7.11 Å². The van der Waals surface area contributed by atoms with Crippen molar-refractivity contribution in [3.8, 4) is 28.5 Å². The van der Waals surface area contributed by atoms with Crippen LogP contribution in [0.25, 0.3) is 11.3 Å². The summed E-state index contributed by atoms with van der Waals surface area (Å²) in [6.07, 6.45) is 3.36. The quantitative estimate of drug-likeness (QED) is 0.444. The monoisotopic (exact) mass is 464 g/mol. The van der Waals surface area contributed by atoms with Gasteiger partial charge >= 0.3 is 5.97 Å². The first-order chi connectivity index (χ1) is 16.0. The van der Waals surface area contributed by atoms with Crippen molar-refractivity contribution < 1.29 is 29.3 Å². The van der Waals surface area contributed by atoms with Gasteiger partial charge in [0.15, 0.2) is 5.78 Å². The number of carbonyl (C=O) groups is 2. The molecule has 0 aliphatic rings. The van der Waals surface area contributed by atoms with Gasteiger partial charge in [-0.05, 0) is 42.7 Å². The minimum absolute atomic E-state index is 0.0846. The van der Waals surface area contributed by atoms with Crippen molar-refractivity contribution in [2.24, 2.45) is 5.41 Å². The number of methoxy groups -OCH3 is 1. The minimum Gasteiger partial charge on any atom is -0.507 e. The lowest BCUT2D eigenvalue weighted by Gasteiger charge is -2.18. The summed E-state index contributed by atoms with van der Waals surface area (Å²) in [6.45, 7) is 7.69. The number of ketones is 1. The molecule has 0 bridgehead atoms. The number of nitrogens with zero attached hydrogens (tertiary/aromatic N) is 2. The summed E-state index contributed by atoms with van der Waals surface area (Å²) in [5.74, 6) is -0.337. The lowest BCUT2D eigenvalue weighted by atomic mass is 9.87. The predicted octanol–water partition coefficient (Wildman–Crippen LogP) is 5.06. The van der Waals surface area contributed by atoms with Crippen molar-refractivity contribution >= 4 is 11.8 Å². The lowest BCUT2D eigenvalue weighted by Crippen LogP contribution is -2.13. The second-order valence-electron chi connectivity index (χ2n) is 9.15. The molecule has 1 heterocycles. The third kappa shape index (κ3) is 5.70. The maximum atomic E-state index is 12.5. The third-order valence-corrected chi connectivity index (χ3v) is 5.18. The molecular weight excluding hydrogens is 436 g/mol. The molecule has 34 heavy (non-hydrogen) atoms. The van der Waals surface area contributed by atoms with Gasteiger partial charge in [-0.25, -0.2) is 4.79 Å². The van der Waals surface area contributed by atoms with Crippen molar-refractivity contribution in [1.82, 2.24) is 9.97 Å². The number of aromatic nitrogens is 2. The molecule has 2 aromatic carbocycles. The molecule has 0 aliphatic heterocycles. The van der Waals surface area contributed by atoms with Crippen LogP contribution < -0.4 is 9.47 Å². The predicted molar refractivity (Wildman–Crippen MR) is 127 cm³/mol. The van der Waals surface area contributed by atoms with Crippen molar-refractivity contribution in [3.05, 3.63) is 65.1 Å². The molecule has 0 atom stereocenters. The maximum Gasteiger partial charge on any atom is 0.335 e. The van der Waals surface area contributed by atoms with E-state index in [-0.39, 0.29) is 34.7 Å². The smallest absolute Gasteiger partial charge is 0.335 e. The highest BCUT2D eigenvalue weighted by molar-refractivity contribution is 5.99. The van der Waals surface area contributed by atoms with E-state index >= 15 is 0 Å². The van der Waals surface area contributed by atoms with Gasteiger partial charge in [-0.15, -0.1) is 0 Å². The minimum atomic E-state index is -1.05. The molecule has 0 fully saturated rings. The molecular formula is C26H28N2O6. The summed E-state index contributed by atoms with van der Waals surface area (Å²) >= 11 is 0. The molecule has 8 nitrogen and oxygen atoms in total. The second-order valence-corrected chi connectivity index (χ2v) is 9.15. The van der Waals surface area contributed by atoms with Crippen LogP contribution in [0.4, 0.5) is 0 Å². The first-order valence-corrected chi connectivity index (χ1v) is 10.7. The van der Waals surface area contributed by atoms with Gasteiger partial charge in [0.2, 0.25) is 0 Å². The largest absolute Gasteiger partial charge is 0.507 e. The zero-order chi connectivity index (χ0) is 25.0. The average Bonchev–Trinajstić information content (AvgIpc) is 2.78. The molecule has 2 N–H and O–H groups in total. The van der Waals surface area contributed by atoms with Crippen molar-refractivity contribution in [3.63, 3.8) is 0 Å². The molecule has 0 unspecified atom stereocenters. The van der Waals surface area contributed by atoms with Crippen LogP contribution in [0, 0.1) is 12.3 Å². The van der Waals surface area contributed by atoms with Crippen LogP contribution in [-0.2, 0) is 6.61 Å². The molecule has 0 saturated heterocycles. The van der Waals surface area contributed by atoms with E-state index in [2.05, 4.69) is 9.97 Å². The van der Waals surface area contributed by atoms with Crippen LogP contribution in [0.15, 0.2) is 42.7 Å². The van der Waals surface area contributed by atoms with E-state index < -0.39 is 5.97 Å². The maximum absolute atomic E-state index is 12.5. The van der Waals surface area contributed by atoms with Crippen LogP contribution in [-0.4, -0.2) is 39.0 Å². The van der Waals surface area contributed by atoms with E-state index in [9.17, 15) is 19.8 Å². The van der Waals surface area contributed by atoms with Crippen LogP contribution in [0.1, 0.15) is 59.2 Å². The first kappa shape index (κ1) is 24.7. The van der Waals surface area contributed by atoms with Gasteiger partial charge in [0.05, 0.1) is 42.0 Å².